The molecule has 0 saturated carbocycles. The fourth-order valence-electron chi connectivity index (χ4n) is 3.26. The summed E-state index contributed by atoms with van der Waals surface area (Å²) < 4.78 is 0. The van der Waals surface area contributed by atoms with Crippen molar-refractivity contribution in [3.63, 3.8) is 0 Å². The molecule has 1 amide bonds. The first-order chi connectivity index (χ1) is 8.99. The van der Waals surface area contributed by atoms with Gasteiger partial charge in [-0.2, -0.15) is 0 Å². The van der Waals surface area contributed by atoms with Gasteiger partial charge in [-0.05, 0) is 63.3 Å². The topological polar surface area (TPSA) is 55.1 Å². The normalized spacial score (nSPS) is 23.3. The largest absolute Gasteiger partial charge is 0.369 e. The Labute approximate surface area is 115 Å². The number of nitrogens with one attached hydrogen (secondary N) is 1. The first-order valence-corrected chi connectivity index (χ1v) is 7.08. The molecule has 0 aromatic heterocycles. The number of hydrogen-bond acceptors (Lipinski definition) is 2. The van der Waals surface area contributed by atoms with Crippen molar-refractivity contribution in [2.75, 3.05) is 6.54 Å². The maximum absolute atomic E-state index is 11.6. The third-order valence-electron chi connectivity index (χ3n) is 4.21. The van der Waals surface area contributed by atoms with Crippen molar-refractivity contribution in [1.29, 1.82) is 0 Å². The molecule has 2 atom stereocenters. The third kappa shape index (κ3) is 3.16. The van der Waals surface area contributed by atoms with E-state index in [-0.39, 0.29) is 17.9 Å². The highest BCUT2D eigenvalue weighted by Gasteiger charge is 2.29. The van der Waals surface area contributed by atoms with Crippen molar-refractivity contribution in [2.24, 2.45) is 11.7 Å². The number of carbonyl (C=O) groups is 1. The molecule has 3 N–H and O–H groups in total. The van der Waals surface area contributed by atoms with E-state index in [1.54, 1.807) is 0 Å². The molecule has 0 bridgehead atoms. The molecule has 0 radical (unpaired) electrons. The zero-order chi connectivity index (χ0) is 14.0. The van der Waals surface area contributed by atoms with Crippen molar-refractivity contribution in [1.82, 2.24) is 5.32 Å². The Bertz CT molecular complexity index is 459. The van der Waals surface area contributed by atoms with Crippen molar-refractivity contribution < 1.29 is 4.79 Å². The standard InChI is InChI=1S/C16H24N2O/c1-10-7-11(2)14(12(3)8-10)9-15-13(16(17)19)5-4-6-18-15/h7-8,13,15,18H,4-6,9H2,1-3H3,(H2,17,19). The van der Waals surface area contributed by atoms with Crippen LogP contribution in [-0.2, 0) is 11.2 Å². The highest BCUT2D eigenvalue weighted by molar-refractivity contribution is 5.77. The van der Waals surface area contributed by atoms with E-state index in [2.05, 4.69) is 38.2 Å². The van der Waals surface area contributed by atoms with E-state index in [0.717, 1.165) is 25.8 Å². The van der Waals surface area contributed by atoms with Gasteiger partial charge in [0.15, 0.2) is 0 Å². The molecule has 2 rings (SSSR count). The zero-order valence-corrected chi connectivity index (χ0v) is 12.1. The second-order valence-electron chi connectivity index (χ2n) is 5.79. The van der Waals surface area contributed by atoms with Crippen LogP contribution in [0.15, 0.2) is 12.1 Å². The maximum Gasteiger partial charge on any atom is 0.222 e. The quantitative estimate of drug-likeness (QED) is 0.873. The molecule has 1 aromatic carbocycles. The van der Waals surface area contributed by atoms with E-state index in [4.69, 9.17) is 5.73 Å². The summed E-state index contributed by atoms with van der Waals surface area (Å²) in [4.78, 5) is 11.6. The fraction of sp³-hybridized carbons (Fsp3) is 0.562. The molecular formula is C16H24N2O. The maximum atomic E-state index is 11.6. The summed E-state index contributed by atoms with van der Waals surface area (Å²) in [5.41, 5.74) is 10.8. The van der Waals surface area contributed by atoms with Gasteiger partial charge in [0.05, 0.1) is 5.92 Å². The summed E-state index contributed by atoms with van der Waals surface area (Å²) in [6, 6.07) is 4.61. The Morgan fingerprint density at radius 1 is 1.32 bits per heavy atom. The molecule has 19 heavy (non-hydrogen) atoms. The van der Waals surface area contributed by atoms with E-state index in [1.165, 1.54) is 22.3 Å². The molecule has 1 aliphatic heterocycles. The lowest BCUT2D eigenvalue weighted by molar-refractivity contribution is -0.123. The summed E-state index contributed by atoms with van der Waals surface area (Å²) in [6.07, 6.45) is 2.85. The van der Waals surface area contributed by atoms with Crippen LogP contribution in [0.25, 0.3) is 0 Å². The van der Waals surface area contributed by atoms with E-state index in [0.29, 0.717) is 0 Å². The molecular weight excluding hydrogens is 236 g/mol. The summed E-state index contributed by atoms with van der Waals surface area (Å²) >= 11 is 0. The first kappa shape index (κ1) is 14.1. The summed E-state index contributed by atoms with van der Waals surface area (Å²) in [5.74, 6) is -0.200. The van der Waals surface area contributed by atoms with Gasteiger partial charge < -0.3 is 11.1 Å². The van der Waals surface area contributed by atoms with Crippen LogP contribution < -0.4 is 11.1 Å². The number of carbonyl (C=O) groups excluding carboxylic acids is 1. The molecule has 0 aliphatic carbocycles. The minimum Gasteiger partial charge on any atom is -0.369 e. The average molecular weight is 260 g/mol. The van der Waals surface area contributed by atoms with Gasteiger partial charge in [0.1, 0.15) is 0 Å². The minimum absolute atomic E-state index is 0.0335. The highest BCUT2D eigenvalue weighted by atomic mass is 16.1. The molecule has 1 aliphatic rings. The fourth-order valence-corrected chi connectivity index (χ4v) is 3.26. The number of rotatable bonds is 3. The van der Waals surface area contributed by atoms with Crippen LogP contribution in [0.1, 0.15) is 35.1 Å². The smallest absolute Gasteiger partial charge is 0.222 e. The van der Waals surface area contributed by atoms with Crippen LogP contribution in [0.5, 0.6) is 0 Å². The van der Waals surface area contributed by atoms with Gasteiger partial charge in [0.2, 0.25) is 5.91 Å². The van der Waals surface area contributed by atoms with E-state index >= 15 is 0 Å². The second-order valence-corrected chi connectivity index (χ2v) is 5.79. The van der Waals surface area contributed by atoms with Crippen LogP contribution in [-0.4, -0.2) is 18.5 Å². The van der Waals surface area contributed by atoms with Crippen molar-refractivity contribution in [3.8, 4) is 0 Å². The van der Waals surface area contributed by atoms with Gasteiger partial charge >= 0.3 is 0 Å². The SMILES string of the molecule is Cc1cc(C)c(CC2NCCCC2C(N)=O)c(C)c1. The van der Waals surface area contributed by atoms with Crippen LogP contribution in [0.4, 0.5) is 0 Å². The van der Waals surface area contributed by atoms with Crippen LogP contribution >= 0.6 is 0 Å². The first-order valence-electron chi connectivity index (χ1n) is 7.08. The average Bonchev–Trinajstić information content (AvgIpc) is 2.34. The minimum atomic E-state index is -0.167. The number of benzene rings is 1. The predicted molar refractivity (Wildman–Crippen MR) is 78.1 cm³/mol. The number of hydrogen-bond donors (Lipinski definition) is 2. The lowest BCUT2D eigenvalue weighted by Gasteiger charge is -2.31. The number of primary amides is 1. The molecule has 3 heteroatoms. The van der Waals surface area contributed by atoms with Crippen molar-refractivity contribution in [3.05, 3.63) is 34.4 Å². The van der Waals surface area contributed by atoms with Crippen LogP contribution in [0.3, 0.4) is 0 Å². The van der Waals surface area contributed by atoms with Gasteiger partial charge in [0, 0.05) is 6.04 Å². The van der Waals surface area contributed by atoms with E-state index in [9.17, 15) is 4.79 Å². The Kier molecular flexibility index (Phi) is 4.25. The second kappa shape index (κ2) is 5.74. The zero-order valence-electron chi connectivity index (χ0n) is 12.1. The number of nitrogens with two attached hydrogens (primary N) is 1. The molecule has 2 unspecified atom stereocenters. The Balaban J connectivity index is 2.22. The van der Waals surface area contributed by atoms with E-state index < -0.39 is 0 Å². The predicted octanol–water partition coefficient (Wildman–Crippen LogP) is 2.01. The third-order valence-corrected chi connectivity index (χ3v) is 4.21. The van der Waals surface area contributed by atoms with Gasteiger partial charge in [-0.25, -0.2) is 0 Å². The van der Waals surface area contributed by atoms with Gasteiger partial charge in [-0.3, -0.25) is 4.79 Å². The number of amides is 1. The monoisotopic (exact) mass is 260 g/mol. The van der Waals surface area contributed by atoms with Crippen molar-refractivity contribution in [2.45, 2.75) is 46.1 Å². The summed E-state index contributed by atoms with van der Waals surface area (Å²) in [7, 11) is 0. The van der Waals surface area contributed by atoms with E-state index in [1.807, 2.05) is 0 Å². The highest BCUT2D eigenvalue weighted by Crippen LogP contribution is 2.24. The molecule has 1 fully saturated rings. The summed E-state index contributed by atoms with van der Waals surface area (Å²) in [5, 5.41) is 3.47. The molecule has 104 valence electrons. The molecule has 1 heterocycles. The lowest BCUT2D eigenvalue weighted by atomic mass is 9.84. The lowest BCUT2D eigenvalue weighted by Crippen LogP contribution is -2.48. The number of aryl methyl sites for hydroxylation is 3. The van der Waals surface area contributed by atoms with Crippen LogP contribution in [0.2, 0.25) is 0 Å². The van der Waals surface area contributed by atoms with Gasteiger partial charge in [-0.15, -0.1) is 0 Å². The Morgan fingerprint density at radius 2 is 1.95 bits per heavy atom. The van der Waals surface area contributed by atoms with Gasteiger partial charge in [0.25, 0.3) is 0 Å². The molecule has 1 aromatic rings. The number of piperidine rings is 1. The van der Waals surface area contributed by atoms with Gasteiger partial charge in [-0.1, -0.05) is 17.7 Å². The summed E-state index contributed by atoms with van der Waals surface area (Å²) in [6.45, 7) is 7.40. The van der Waals surface area contributed by atoms with Crippen molar-refractivity contribution >= 4 is 5.91 Å². The Morgan fingerprint density at radius 3 is 2.53 bits per heavy atom. The Hall–Kier alpha value is -1.35. The van der Waals surface area contributed by atoms with Crippen LogP contribution in [0, 0.1) is 26.7 Å². The molecule has 1 saturated heterocycles. The molecule has 0 spiro atoms. The molecule has 3 nitrogen and oxygen atoms in total.